The van der Waals surface area contributed by atoms with E-state index in [2.05, 4.69) is 4.98 Å². The highest BCUT2D eigenvalue weighted by atomic mass is 35.5. The molecule has 0 bridgehead atoms. The summed E-state index contributed by atoms with van der Waals surface area (Å²) in [5.41, 5.74) is 7.20. The summed E-state index contributed by atoms with van der Waals surface area (Å²) in [6.45, 7) is 0. The molecule has 1 aromatic carbocycles. The van der Waals surface area contributed by atoms with E-state index >= 15 is 0 Å². The number of nitrogens with two attached hydrogens (primary N) is 1. The zero-order valence-electron chi connectivity index (χ0n) is 9.36. The van der Waals surface area contributed by atoms with E-state index in [1.807, 2.05) is 0 Å². The van der Waals surface area contributed by atoms with Gasteiger partial charge in [0, 0.05) is 23.3 Å². The molecule has 0 radical (unpaired) electrons. The molecule has 0 amide bonds. The Balaban J connectivity index is 2.25. The molecule has 5 heteroatoms. The predicted octanol–water partition coefficient (Wildman–Crippen LogP) is 3.40. The molecule has 3 nitrogen and oxygen atoms in total. The maximum Gasteiger partial charge on any atom is 0.172 e. The fourth-order valence-corrected chi connectivity index (χ4v) is 2.00. The first-order valence-corrected chi connectivity index (χ1v) is 6.01. The summed E-state index contributed by atoms with van der Waals surface area (Å²) in [6, 6.07) is 8.61. The molecular weight excluding hydrogens is 271 g/mol. The second-order valence-corrected chi connectivity index (χ2v) is 4.59. The van der Waals surface area contributed by atoms with Crippen LogP contribution in [0.1, 0.15) is 15.9 Å². The first kappa shape index (κ1) is 12.9. The molecule has 2 rings (SSSR count). The van der Waals surface area contributed by atoms with Gasteiger partial charge in [-0.15, -0.1) is 0 Å². The van der Waals surface area contributed by atoms with Crippen LogP contribution in [-0.2, 0) is 6.42 Å². The molecule has 0 aliphatic carbocycles. The average molecular weight is 281 g/mol. The predicted molar refractivity (Wildman–Crippen MR) is 73.1 cm³/mol. The summed E-state index contributed by atoms with van der Waals surface area (Å²) < 4.78 is 0. The summed E-state index contributed by atoms with van der Waals surface area (Å²) >= 11 is 11.7. The van der Waals surface area contributed by atoms with E-state index < -0.39 is 0 Å². The third kappa shape index (κ3) is 2.81. The van der Waals surface area contributed by atoms with Gasteiger partial charge in [-0.2, -0.15) is 0 Å². The highest BCUT2D eigenvalue weighted by Crippen LogP contribution is 2.21. The fraction of sp³-hybridized carbons (Fsp3) is 0.0769. The number of aromatic nitrogens is 1. The number of halogens is 2. The minimum Gasteiger partial charge on any atom is -0.398 e. The van der Waals surface area contributed by atoms with E-state index in [0.29, 0.717) is 10.7 Å². The molecule has 1 aromatic heterocycles. The van der Waals surface area contributed by atoms with Crippen molar-refractivity contribution < 1.29 is 4.79 Å². The summed E-state index contributed by atoms with van der Waals surface area (Å²) in [6.07, 6.45) is 1.68. The Kier molecular flexibility index (Phi) is 3.84. The van der Waals surface area contributed by atoms with Crippen molar-refractivity contribution in [2.24, 2.45) is 0 Å². The van der Waals surface area contributed by atoms with E-state index in [1.165, 1.54) is 6.20 Å². The van der Waals surface area contributed by atoms with Gasteiger partial charge >= 0.3 is 0 Å². The van der Waals surface area contributed by atoms with Crippen molar-refractivity contribution in [3.8, 4) is 0 Å². The molecule has 2 aromatic rings. The lowest BCUT2D eigenvalue weighted by atomic mass is 10.0. The van der Waals surface area contributed by atoms with Crippen LogP contribution in [0.15, 0.2) is 36.5 Å². The quantitative estimate of drug-likeness (QED) is 0.693. The van der Waals surface area contributed by atoms with Gasteiger partial charge in [0.15, 0.2) is 5.78 Å². The smallest absolute Gasteiger partial charge is 0.172 e. The van der Waals surface area contributed by atoms with Gasteiger partial charge in [-0.3, -0.25) is 4.79 Å². The zero-order chi connectivity index (χ0) is 13.1. The Morgan fingerprint density at radius 3 is 2.44 bits per heavy atom. The summed E-state index contributed by atoms with van der Waals surface area (Å²) in [4.78, 5) is 16.0. The molecule has 92 valence electrons. The Morgan fingerprint density at radius 1 is 1.17 bits per heavy atom. The molecular formula is C13H10Cl2N2O. The van der Waals surface area contributed by atoms with Gasteiger partial charge in [0.25, 0.3) is 0 Å². The van der Waals surface area contributed by atoms with Crippen molar-refractivity contribution in [3.05, 3.63) is 57.8 Å². The van der Waals surface area contributed by atoms with Crippen LogP contribution in [0.4, 0.5) is 5.69 Å². The minimum atomic E-state index is -0.159. The molecule has 0 unspecified atom stereocenters. The lowest BCUT2D eigenvalue weighted by Crippen LogP contribution is -2.08. The van der Waals surface area contributed by atoms with Gasteiger partial charge in [0.05, 0.1) is 5.56 Å². The van der Waals surface area contributed by atoms with Crippen LogP contribution in [0, 0.1) is 0 Å². The van der Waals surface area contributed by atoms with Crippen LogP contribution < -0.4 is 5.73 Å². The van der Waals surface area contributed by atoms with Crippen molar-refractivity contribution in [3.63, 3.8) is 0 Å². The fourth-order valence-electron chi connectivity index (χ4n) is 1.60. The summed E-state index contributed by atoms with van der Waals surface area (Å²) in [5.74, 6) is -0.159. The van der Waals surface area contributed by atoms with Gasteiger partial charge in [0.2, 0.25) is 0 Å². The third-order valence-corrected chi connectivity index (χ3v) is 3.03. The number of nitrogen functional groups attached to an aromatic ring is 1. The Bertz CT molecular complexity index is 562. The average Bonchev–Trinajstić information content (AvgIpc) is 2.32. The molecule has 1 heterocycles. The van der Waals surface area contributed by atoms with Crippen LogP contribution in [0.3, 0.4) is 0 Å². The number of nitrogens with zero attached hydrogens (tertiary/aromatic N) is 1. The number of hydrogen-bond donors (Lipinski definition) is 1. The second kappa shape index (κ2) is 5.38. The molecule has 0 aliphatic rings. The summed E-state index contributed by atoms with van der Waals surface area (Å²) in [5, 5.41) is 0.763. The topological polar surface area (TPSA) is 56.0 Å². The number of Topliss-reactive ketones (excluding diaryl/α,β-unsaturated/α-hetero) is 1. The monoisotopic (exact) mass is 280 g/mol. The molecule has 2 N–H and O–H groups in total. The SMILES string of the molecule is Nc1ccnc(Cl)c1C(=O)Cc1ccc(Cl)cc1. The number of pyridine rings is 1. The van der Waals surface area contributed by atoms with Gasteiger partial charge in [-0.1, -0.05) is 35.3 Å². The van der Waals surface area contributed by atoms with Crippen LogP contribution in [0.2, 0.25) is 10.2 Å². The Hall–Kier alpha value is -1.58. The first-order valence-electron chi connectivity index (χ1n) is 5.25. The standard InChI is InChI=1S/C13H10Cl2N2O/c14-9-3-1-8(2-4-9)7-11(18)12-10(16)5-6-17-13(12)15/h1-6H,7H2,(H2,16,17). The number of benzene rings is 1. The van der Waals surface area contributed by atoms with Crippen molar-refractivity contribution >= 4 is 34.7 Å². The van der Waals surface area contributed by atoms with E-state index in [9.17, 15) is 4.79 Å². The van der Waals surface area contributed by atoms with Crippen LogP contribution >= 0.6 is 23.2 Å². The molecule has 0 spiro atoms. The van der Waals surface area contributed by atoms with E-state index in [-0.39, 0.29) is 22.9 Å². The molecule has 18 heavy (non-hydrogen) atoms. The second-order valence-electron chi connectivity index (χ2n) is 3.79. The van der Waals surface area contributed by atoms with Crippen molar-refractivity contribution in [1.82, 2.24) is 4.98 Å². The molecule has 0 atom stereocenters. The van der Waals surface area contributed by atoms with Crippen molar-refractivity contribution in [2.45, 2.75) is 6.42 Å². The lowest BCUT2D eigenvalue weighted by Gasteiger charge is -2.06. The summed E-state index contributed by atoms with van der Waals surface area (Å²) in [7, 11) is 0. The highest BCUT2D eigenvalue weighted by Gasteiger charge is 2.15. The number of anilines is 1. The Morgan fingerprint density at radius 2 is 1.83 bits per heavy atom. The molecule has 0 saturated heterocycles. The Labute approximate surface area is 115 Å². The zero-order valence-corrected chi connectivity index (χ0v) is 10.9. The maximum absolute atomic E-state index is 12.1. The maximum atomic E-state index is 12.1. The third-order valence-electron chi connectivity index (χ3n) is 2.49. The number of hydrogen-bond acceptors (Lipinski definition) is 3. The van der Waals surface area contributed by atoms with Crippen LogP contribution in [0.5, 0.6) is 0 Å². The normalized spacial score (nSPS) is 10.3. The van der Waals surface area contributed by atoms with Crippen molar-refractivity contribution in [1.29, 1.82) is 0 Å². The first-order chi connectivity index (χ1) is 8.58. The van der Waals surface area contributed by atoms with Gasteiger partial charge < -0.3 is 5.73 Å². The van der Waals surface area contributed by atoms with Gasteiger partial charge in [-0.25, -0.2) is 4.98 Å². The molecule has 0 fully saturated rings. The van der Waals surface area contributed by atoms with E-state index in [0.717, 1.165) is 5.56 Å². The van der Waals surface area contributed by atoms with Crippen LogP contribution in [-0.4, -0.2) is 10.8 Å². The minimum absolute atomic E-state index is 0.133. The number of rotatable bonds is 3. The van der Waals surface area contributed by atoms with Crippen LogP contribution in [0.25, 0.3) is 0 Å². The largest absolute Gasteiger partial charge is 0.398 e. The number of carbonyl (C=O) groups is 1. The van der Waals surface area contributed by atoms with Crippen molar-refractivity contribution in [2.75, 3.05) is 5.73 Å². The lowest BCUT2D eigenvalue weighted by molar-refractivity contribution is 0.0993. The number of carbonyl (C=O) groups excluding carboxylic acids is 1. The van der Waals surface area contributed by atoms with Gasteiger partial charge in [0.1, 0.15) is 5.15 Å². The molecule has 0 aliphatic heterocycles. The highest BCUT2D eigenvalue weighted by molar-refractivity contribution is 6.33. The molecule has 0 saturated carbocycles. The number of ketones is 1. The van der Waals surface area contributed by atoms with E-state index in [1.54, 1.807) is 30.3 Å². The van der Waals surface area contributed by atoms with E-state index in [4.69, 9.17) is 28.9 Å². The van der Waals surface area contributed by atoms with Gasteiger partial charge in [-0.05, 0) is 23.8 Å².